The van der Waals surface area contributed by atoms with Crippen LogP contribution >= 0.6 is 22.6 Å². The first-order valence-electron chi connectivity index (χ1n) is 2.75. The maximum atomic E-state index is 5.60. The predicted molar refractivity (Wildman–Crippen MR) is 47.4 cm³/mol. The van der Waals surface area contributed by atoms with Crippen LogP contribution in [0, 0.1) is 0 Å². The second kappa shape index (κ2) is 3.17. The fourth-order valence-corrected chi connectivity index (χ4v) is 1.05. The number of nitrogens with two attached hydrogens (primary N) is 1. The molecule has 0 saturated carbocycles. The molecule has 1 nitrogen and oxygen atoms in total. The lowest BCUT2D eigenvalue weighted by Gasteiger charge is -2.00. The Hall–Kier alpha value is -0.0900. The van der Waals surface area contributed by atoms with Crippen LogP contribution in [-0.2, 0) is 0 Å². The minimum Gasteiger partial charge on any atom is -0.316 e. The Bertz CT molecular complexity index is 172. The second-order valence-corrected chi connectivity index (χ2v) is 3.15. The highest BCUT2D eigenvalue weighted by atomic mass is 127. The van der Waals surface area contributed by atoms with E-state index in [0.717, 1.165) is 0 Å². The highest BCUT2D eigenvalue weighted by Gasteiger charge is 1.95. The first-order chi connectivity index (χ1) is 4.30. The van der Waals surface area contributed by atoms with Crippen LogP contribution in [-0.4, -0.2) is 0 Å². The zero-order valence-corrected chi connectivity index (χ0v) is 7.08. The monoisotopic (exact) mass is 233 g/mol. The van der Waals surface area contributed by atoms with E-state index in [0.29, 0.717) is 0 Å². The van der Waals surface area contributed by atoms with E-state index in [1.807, 2.05) is 30.3 Å². The summed E-state index contributed by atoms with van der Waals surface area (Å²) < 4.78 is 0.129. The van der Waals surface area contributed by atoms with Gasteiger partial charge in [-0.25, -0.2) is 0 Å². The number of benzene rings is 1. The van der Waals surface area contributed by atoms with Crippen LogP contribution in [0.15, 0.2) is 30.3 Å². The lowest BCUT2D eigenvalue weighted by molar-refractivity contribution is 1.08. The highest BCUT2D eigenvalue weighted by Crippen LogP contribution is 2.15. The Balaban J connectivity index is 2.85. The Morgan fingerprint density at radius 2 is 1.78 bits per heavy atom. The second-order valence-electron chi connectivity index (χ2n) is 1.81. The van der Waals surface area contributed by atoms with Crippen molar-refractivity contribution in [3.8, 4) is 0 Å². The van der Waals surface area contributed by atoms with Gasteiger partial charge in [0.25, 0.3) is 0 Å². The fourth-order valence-electron chi connectivity index (χ4n) is 0.637. The van der Waals surface area contributed by atoms with E-state index in [1.54, 1.807) is 0 Å². The summed E-state index contributed by atoms with van der Waals surface area (Å²) >= 11 is 2.19. The van der Waals surface area contributed by atoms with Crippen LogP contribution in [0.25, 0.3) is 0 Å². The van der Waals surface area contributed by atoms with Crippen LogP contribution in [0.4, 0.5) is 0 Å². The maximum absolute atomic E-state index is 5.60. The molecule has 0 bridgehead atoms. The van der Waals surface area contributed by atoms with Gasteiger partial charge in [0.05, 0.1) is 4.05 Å². The molecule has 0 radical (unpaired) electrons. The van der Waals surface area contributed by atoms with Crippen LogP contribution in [0.3, 0.4) is 0 Å². The van der Waals surface area contributed by atoms with Crippen molar-refractivity contribution >= 4 is 22.6 Å². The van der Waals surface area contributed by atoms with Gasteiger partial charge in [0.2, 0.25) is 0 Å². The van der Waals surface area contributed by atoms with Gasteiger partial charge in [-0.1, -0.05) is 52.9 Å². The minimum atomic E-state index is 0.129. The zero-order valence-electron chi connectivity index (χ0n) is 4.92. The summed E-state index contributed by atoms with van der Waals surface area (Å²) in [6.45, 7) is 0. The smallest absolute Gasteiger partial charge is 0.0824 e. The molecule has 0 amide bonds. The summed E-state index contributed by atoms with van der Waals surface area (Å²) in [5.74, 6) is 0. The molecule has 0 unspecified atom stereocenters. The first kappa shape index (κ1) is 7.02. The van der Waals surface area contributed by atoms with E-state index in [4.69, 9.17) is 5.73 Å². The highest BCUT2D eigenvalue weighted by molar-refractivity contribution is 14.1. The third kappa shape index (κ3) is 1.95. The van der Waals surface area contributed by atoms with Crippen LogP contribution in [0.1, 0.15) is 9.61 Å². The molecule has 0 saturated heterocycles. The van der Waals surface area contributed by atoms with Gasteiger partial charge in [-0.05, 0) is 5.56 Å². The molecular formula is C7H8IN. The molecule has 0 aliphatic carbocycles. The van der Waals surface area contributed by atoms with E-state index in [-0.39, 0.29) is 4.05 Å². The molecule has 1 aromatic rings. The summed E-state index contributed by atoms with van der Waals surface area (Å²) in [7, 11) is 0. The van der Waals surface area contributed by atoms with Crippen molar-refractivity contribution in [3.63, 3.8) is 0 Å². The normalized spacial score (nSPS) is 13.1. The standard InChI is InChI=1S/C7H8IN/c8-7(9)6-4-2-1-3-5-6/h1-5,7H,9H2/t7-/m0/s1. The third-order valence-corrected chi connectivity index (χ3v) is 1.84. The summed E-state index contributed by atoms with van der Waals surface area (Å²) in [5, 5.41) is 0. The molecule has 0 aliphatic rings. The summed E-state index contributed by atoms with van der Waals surface area (Å²) in [6.07, 6.45) is 0. The van der Waals surface area contributed by atoms with Gasteiger partial charge in [-0.15, -0.1) is 0 Å². The SMILES string of the molecule is N[C@H](I)c1ccccc1. The molecule has 0 fully saturated rings. The van der Waals surface area contributed by atoms with Crippen molar-refractivity contribution in [3.05, 3.63) is 35.9 Å². The number of rotatable bonds is 1. The molecule has 2 N–H and O–H groups in total. The van der Waals surface area contributed by atoms with Crippen LogP contribution in [0.2, 0.25) is 0 Å². The number of halogens is 1. The Labute approximate surface area is 68.4 Å². The topological polar surface area (TPSA) is 26.0 Å². The lowest BCUT2D eigenvalue weighted by Crippen LogP contribution is -1.99. The van der Waals surface area contributed by atoms with E-state index in [9.17, 15) is 0 Å². The van der Waals surface area contributed by atoms with E-state index < -0.39 is 0 Å². The van der Waals surface area contributed by atoms with Gasteiger partial charge in [-0.2, -0.15) is 0 Å². The quantitative estimate of drug-likeness (QED) is 0.448. The molecule has 0 spiro atoms. The fraction of sp³-hybridized carbons (Fsp3) is 0.143. The van der Waals surface area contributed by atoms with E-state index in [2.05, 4.69) is 22.6 Å². The van der Waals surface area contributed by atoms with Crippen molar-refractivity contribution in [1.29, 1.82) is 0 Å². The van der Waals surface area contributed by atoms with Gasteiger partial charge >= 0.3 is 0 Å². The predicted octanol–water partition coefficient (Wildman–Crippen LogP) is 2.08. The van der Waals surface area contributed by atoms with Gasteiger partial charge in [0.1, 0.15) is 0 Å². The molecule has 9 heavy (non-hydrogen) atoms. The van der Waals surface area contributed by atoms with Crippen molar-refractivity contribution in [2.75, 3.05) is 0 Å². The van der Waals surface area contributed by atoms with Crippen molar-refractivity contribution < 1.29 is 0 Å². The zero-order chi connectivity index (χ0) is 6.69. The molecule has 1 aromatic carbocycles. The Kier molecular flexibility index (Phi) is 2.48. The Morgan fingerprint density at radius 1 is 1.22 bits per heavy atom. The number of hydrogen-bond acceptors (Lipinski definition) is 1. The average Bonchev–Trinajstić information content (AvgIpc) is 1.90. The average molecular weight is 233 g/mol. The minimum absolute atomic E-state index is 0.129. The largest absolute Gasteiger partial charge is 0.316 e. The summed E-state index contributed by atoms with van der Waals surface area (Å²) in [5.41, 5.74) is 6.78. The molecule has 0 heterocycles. The van der Waals surface area contributed by atoms with Gasteiger partial charge in [-0.3, -0.25) is 0 Å². The molecule has 1 rings (SSSR count). The molecule has 2 heteroatoms. The van der Waals surface area contributed by atoms with Gasteiger partial charge in [0.15, 0.2) is 0 Å². The van der Waals surface area contributed by atoms with E-state index in [1.165, 1.54) is 5.56 Å². The molecular weight excluding hydrogens is 225 g/mol. The molecule has 48 valence electrons. The van der Waals surface area contributed by atoms with Gasteiger partial charge < -0.3 is 5.73 Å². The Morgan fingerprint density at radius 3 is 2.11 bits per heavy atom. The number of alkyl halides is 1. The molecule has 0 aromatic heterocycles. The van der Waals surface area contributed by atoms with E-state index >= 15 is 0 Å². The van der Waals surface area contributed by atoms with Crippen LogP contribution < -0.4 is 5.73 Å². The van der Waals surface area contributed by atoms with Gasteiger partial charge in [0, 0.05) is 0 Å². The van der Waals surface area contributed by atoms with Crippen molar-refractivity contribution in [2.45, 2.75) is 4.05 Å². The summed E-state index contributed by atoms with van der Waals surface area (Å²) in [4.78, 5) is 0. The maximum Gasteiger partial charge on any atom is 0.0824 e. The third-order valence-electron chi connectivity index (χ3n) is 1.12. The lowest BCUT2D eigenvalue weighted by atomic mass is 10.2. The molecule has 1 atom stereocenters. The number of hydrogen-bond donors (Lipinski definition) is 1. The first-order valence-corrected chi connectivity index (χ1v) is 4.00. The molecule has 0 aliphatic heterocycles. The van der Waals surface area contributed by atoms with Crippen molar-refractivity contribution in [1.82, 2.24) is 0 Å². The van der Waals surface area contributed by atoms with Crippen LogP contribution in [0.5, 0.6) is 0 Å². The van der Waals surface area contributed by atoms with Crippen molar-refractivity contribution in [2.24, 2.45) is 5.73 Å². The summed E-state index contributed by atoms with van der Waals surface area (Å²) in [6, 6.07) is 10.0.